The molecule has 134 valence electrons. The van der Waals surface area contributed by atoms with Gasteiger partial charge in [0.05, 0.1) is 12.0 Å². The molecule has 3 aliphatic rings. The Morgan fingerprint density at radius 3 is 2.48 bits per heavy atom. The highest BCUT2D eigenvalue weighted by molar-refractivity contribution is 5.82. The molecule has 0 bridgehead atoms. The molecule has 0 radical (unpaired) electrons. The average Bonchev–Trinajstić information content (AvgIpc) is 3.13. The molecule has 2 unspecified atom stereocenters. The van der Waals surface area contributed by atoms with Crippen LogP contribution in [0.5, 0.6) is 0 Å². The molecule has 1 aliphatic carbocycles. The summed E-state index contributed by atoms with van der Waals surface area (Å²) < 4.78 is 0. The summed E-state index contributed by atoms with van der Waals surface area (Å²) in [6.45, 7) is 3.25. The van der Waals surface area contributed by atoms with Crippen molar-refractivity contribution in [3.63, 3.8) is 0 Å². The second-order valence-electron chi connectivity index (χ2n) is 7.90. The number of hydrogen-bond acceptors (Lipinski definition) is 3. The predicted octanol–water partition coefficient (Wildman–Crippen LogP) is 2.36. The number of rotatable bonds is 4. The third-order valence-corrected chi connectivity index (χ3v) is 6.44. The molecule has 2 heterocycles. The highest BCUT2D eigenvalue weighted by atomic mass is 16.4. The number of carbonyl (C=O) groups excluding carboxylic acids is 1. The van der Waals surface area contributed by atoms with Crippen molar-refractivity contribution in [3.05, 3.63) is 35.9 Å². The Kier molecular flexibility index (Phi) is 4.28. The van der Waals surface area contributed by atoms with Gasteiger partial charge >= 0.3 is 5.97 Å². The fourth-order valence-corrected chi connectivity index (χ4v) is 4.75. The molecule has 0 aromatic heterocycles. The lowest BCUT2D eigenvalue weighted by molar-refractivity contribution is -0.140. The van der Waals surface area contributed by atoms with Crippen LogP contribution in [0.2, 0.25) is 0 Å². The maximum Gasteiger partial charge on any atom is 0.307 e. The van der Waals surface area contributed by atoms with E-state index in [-0.39, 0.29) is 23.3 Å². The van der Waals surface area contributed by atoms with Gasteiger partial charge in [-0.2, -0.15) is 0 Å². The first-order valence-corrected chi connectivity index (χ1v) is 9.39. The maximum atomic E-state index is 13.0. The van der Waals surface area contributed by atoms with Crippen molar-refractivity contribution < 1.29 is 14.7 Å². The van der Waals surface area contributed by atoms with E-state index < -0.39 is 5.97 Å². The Bertz CT molecular complexity index is 652. The summed E-state index contributed by atoms with van der Waals surface area (Å²) in [5, 5.41) is 9.21. The average molecular weight is 342 g/mol. The molecule has 4 rings (SSSR count). The first-order chi connectivity index (χ1) is 12.1. The molecule has 1 aromatic rings. The zero-order valence-electron chi connectivity index (χ0n) is 14.6. The van der Waals surface area contributed by atoms with Crippen molar-refractivity contribution in [2.24, 2.45) is 11.3 Å². The first-order valence-electron chi connectivity index (χ1n) is 9.39. The van der Waals surface area contributed by atoms with Crippen LogP contribution < -0.4 is 0 Å². The summed E-state index contributed by atoms with van der Waals surface area (Å²) >= 11 is 0. The second kappa shape index (κ2) is 6.45. The first kappa shape index (κ1) is 16.6. The van der Waals surface area contributed by atoms with Crippen LogP contribution in [0, 0.1) is 11.3 Å². The number of carboxylic acid groups (broad SMARTS) is 1. The third kappa shape index (κ3) is 3.17. The monoisotopic (exact) mass is 342 g/mol. The number of nitrogens with zero attached hydrogens (tertiary/aromatic N) is 2. The topological polar surface area (TPSA) is 60.9 Å². The smallest absolute Gasteiger partial charge is 0.307 e. The van der Waals surface area contributed by atoms with Crippen LogP contribution in [0.3, 0.4) is 0 Å². The number of hydrogen-bond donors (Lipinski definition) is 1. The van der Waals surface area contributed by atoms with Gasteiger partial charge in [0.1, 0.15) is 0 Å². The minimum Gasteiger partial charge on any atom is -0.481 e. The summed E-state index contributed by atoms with van der Waals surface area (Å²) in [6.07, 6.45) is 4.50. The fraction of sp³-hybridized carbons (Fsp3) is 0.600. The summed E-state index contributed by atoms with van der Waals surface area (Å²) in [4.78, 5) is 28.5. The van der Waals surface area contributed by atoms with Gasteiger partial charge in [-0.05, 0) is 49.6 Å². The van der Waals surface area contributed by atoms with E-state index in [1.54, 1.807) is 0 Å². The summed E-state index contributed by atoms with van der Waals surface area (Å²) in [5.41, 5.74) is 1.24. The SMILES string of the molecule is O=C(O)C1CC12CCN(C(=O)C1CCCN1Cc1ccccc1)CC2. The van der Waals surface area contributed by atoms with Crippen LogP contribution >= 0.6 is 0 Å². The number of likely N-dealkylation sites (tertiary alicyclic amines) is 2. The fourth-order valence-electron chi connectivity index (χ4n) is 4.75. The van der Waals surface area contributed by atoms with Crippen LogP contribution in [0.1, 0.15) is 37.7 Å². The second-order valence-corrected chi connectivity index (χ2v) is 7.90. The number of carbonyl (C=O) groups is 2. The van der Waals surface area contributed by atoms with Gasteiger partial charge in [0, 0.05) is 19.6 Å². The van der Waals surface area contributed by atoms with Gasteiger partial charge in [0.15, 0.2) is 0 Å². The van der Waals surface area contributed by atoms with Gasteiger partial charge in [-0.3, -0.25) is 14.5 Å². The summed E-state index contributed by atoms with van der Waals surface area (Å²) in [7, 11) is 0. The number of carboxylic acids is 1. The third-order valence-electron chi connectivity index (χ3n) is 6.44. The summed E-state index contributed by atoms with van der Waals surface area (Å²) in [6, 6.07) is 10.3. The van der Waals surface area contributed by atoms with Crippen molar-refractivity contribution in [2.45, 2.75) is 44.7 Å². The molecule has 25 heavy (non-hydrogen) atoms. The lowest BCUT2D eigenvalue weighted by Crippen LogP contribution is -2.48. The van der Waals surface area contributed by atoms with E-state index in [0.717, 1.165) is 58.3 Å². The van der Waals surface area contributed by atoms with E-state index in [1.165, 1.54) is 5.56 Å². The molecule has 1 aromatic carbocycles. The lowest BCUT2D eigenvalue weighted by Gasteiger charge is -2.36. The molecule has 1 saturated carbocycles. The predicted molar refractivity (Wildman–Crippen MR) is 93.9 cm³/mol. The Labute approximate surface area is 148 Å². The van der Waals surface area contributed by atoms with Crippen LogP contribution in [0.15, 0.2) is 30.3 Å². The van der Waals surface area contributed by atoms with Gasteiger partial charge in [0.25, 0.3) is 0 Å². The molecular weight excluding hydrogens is 316 g/mol. The number of benzene rings is 1. The molecule has 1 amide bonds. The van der Waals surface area contributed by atoms with Crippen molar-refractivity contribution in [1.29, 1.82) is 0 Å². The quantitative estimate of drug-likeness (QED) is 0.912. The number of piperidine rings is 1. The molecule has 2 atom stereocenters. The molecule has 2 saturated heterocycles. The molecule has 1 spiro atoms. The maximum absolute atomic E-state index is 13.0. The van der Waals surface area contributed by atoms with Crippen molar-refractivity contribution in [3.8, 4) is 0 Å². The van der Waals surface area contributed by atoms with Crippen molar-refractivity contribution in [2.75, 3.05) is 19.6 Å². The Morgan fingerprint density at radius 1 is 1.12 bits per heavy atom. The van der Waals surface area contributed by atoms with Gasteiger partial charge in [-0.25, -0.2) is 0 Å². The van der Waals surface area contributed by atoms with Crippen LogP contribution in [-0.4, -0.2) is 52.5 Å². The van der Waals surface area contributed by atoms with Crippen LogP contribution in [0.4, 0.5) is 0 Å². The summed E-state index contributed by atoms with van der Waals surface area (Å²) in [5.74, 6) is -0.591. The standard InChI is InChI=1S/C20H26N2O3/c23-18(21-11-8-20(9-12-21)13-16(20)19(24)25)17-7-4-10-22(17)14-15-5-2-1-3-6-15/h1-3,5-6,16-17H,4,7-14H2,(H,24,25). The molecular formula is C20H26N2O3. The Hall–Kier alpha value is -1.88. The highest BCUT2D eigenvalue weighted by Crippen LogP contribution is 2.59. The van der Waals surface area contributed by atoms with E-state index in [9.17, 15) is 14.7 Å². The molecule has 2 aliphatic heterocycles. The zero-order valence-corrected chi connectivity index (χ0v) is 14.6. The van der Waals surface area contributed by atoms with E-state index >= 15 is 0 Å². The van der Waals surface area contributed by atoms with E-state index in [0.29, 0.717) is 0 Å². The number of aliphatic carboxylic acids is 1. The van der Waals surface area contributed by atoms with Gasteiger partial charge in [0.2, 0.25) is 5.91 Å². The molecule has 1 N–H and O–H groups in total. The highest BCUT2D eigenvalue weighted by Gasteiger charge is 2.59. The Morgan fingerprint density at radius 2 is 1.84 bits per heavy atom. The van der Waals surface area contributed by atoms with Gasteiger partial charge in [-0.1, -0.05) is 30.3 Å². The molecule has 5 heteroatoms. The van der Waals surface area contributed by atoms with E-state index in [1.807, 2.05) is 23.1 Å². The van der Waals surface area contributed by atoms with Gasteiger partial charge in [-0.15, -0.1) is 0 Å². The van der Waals surface area contributed by atoms with E-state index in [4.69, 9.17) is 0 Å². The van der Waals surface area contributed by atoms with Crippen molar-refractivity contribution in [1.82, 2.24) is 9.80 Å². The molecule has 5 nitrogen and oxygen atoms in total. The minimum atomic E-state index is -0.662. The minimum absolute atomic E-state index is 0.0104. The normalized spacial score (nSPS) is 28.2. The van der Waals surface area contributed by atoms with Gasteiger partial charge < -0.3 is 10.0 Å². The van der Waals surface area contributed by atoms with Crippen LogP contribution in [0.25, 0.3) is 0 Å². The lowest BCUT2D eigenvalue weighted by atomic mass is 9.90. The zero-order chi connectivity index (χ0) is 17.4. The van der Waals surface area contributed by atoms with Crippen LogP contribution in [-0.2, 0) is 16.1 Å². The van der Waals surface area contributed by atoms with E-state index in [2.05, 4.69) is 17.0 Å². The van der Waals surface area contributed by atoms with Crippen molar-refractivity contribution >= 4 is 11.9 Å². The number of amides is 1. The molecule has 3 fully saturated rings. The largest absolute Gasteiger partial charge is 0.481 e. The Balaban J connectivity index is 1.35.